The Bertz CT molecular complexity index is 1280. The van der Waals surface area contributed by atoms with Crippen molar-refractivity contribution in [3.63, 3.8) is 0 Å². The van der Waals surface area contributed by atoms with Crippen LogP contribution in [0.2, 0.25) is 5.02 Å². The molecule has 5 rings (SSSR count). The molecule has 0 bridgehead atoms. The molecule has 7 nitrogen and oxygen atoms in total. The van der Waals surface area contributed by atoms with Crippen LogP contribution in [0.25, 0.3) is 22.0 Å². The lowest BCUT2D eigenvalue weighted by Crippen LogP contribution is -2.44. The minimum absolute atomic E-state index is 0.0762. The zero-order valence-corrected chi connectivity index (χ0v) is 23.2. The van der Waals surface area contributed by atoms with Gasteiger partial charge in [0, 0.05) is 54.6 Å². The number of nitrogens with zero attached hydrogens (tertiary/aromatic N) is 4. The molecule has 2 aliphatic rings. The number of benzene rings is 2. The number of piperazine rings is 1. The van der Waals surface area contributed by atoms with Gasteiger partial charge in [0.1, 0.15) is 11.3 Å². The molecular weight excluding hydrogens is 509 g/mol. The van der Waals surface area contributed by atoms with Crippen LogP contribution >= 0.6 is 23.4 Å². The topological polar surface area (TPSA) is 82.3 Å². The Morgan fingerprint density at radius 2 is 2.05 bits per heavy atom. The molecule has 0 saturated carbocycles. The second-order valence-electron chi connectivity index (χ2n) is 9.96. The van der Waals surface area contributed by atoms with Crippen molar-refractivity contribution >= 4 is 46.0 Å². The molecule has 198 valence electrons. The van der Waals surface area contributed by atoms with E-state index in [1.165, 1.54) is 6.42 Å². The van der Waals surface area contributed by atoms with Gasteiger partial charge in [-0.2, -0.15) is 4.98 Å². The lowest BCUT2D eigenvalue weighted by atomic mass is 9.98. The molecule has 0 aliphatic carbocycles. The SMILES string of the molecule is Cc1c(SC(C)N)cccc1-c1c(Cl)cc2c(N3CCNCC3)nc(NCC3CCCN3C)nc2c1F. The Kier molecular flexibility index (Phi) is 8.07. The highest BCUT2D eigenvalue weighted by atomic mass is 35.5. The summed E-state index contributed by atoms with van der Waals surface area (Å²) in [5, 5.41) is 7.69. The first-order valence-electron chi connectivity index (χ1n) is 12.9. The largest absolute Gasteiger partial charge is 0.353 e. The number of likely N-dealkylation sites (tertiary alicyclic amines) is 1. The van der Waals surface area contributed by atoms with Crippen molar-refractivity contribution in [3.05, 3.63) is 40.7 Å². The van der Waals surface area contributed by atoms with Crippen molar-refractivity contribution in [2.24, 2.45) is 5.73 Å². The van der Waals surface area contributed by atoms with E-state index in [-0.39, 0.29) is 10.9 Å². The standard InChI is InChI=1S/C27H35ClFN7S/c1-16-19(7-4-8-22(16)37-17(2)30)23-21(28)14-20-25(24(23)29)33-27(32-15-18-6-5-11-35(18)3)34-26(20)36-12-9-31-10-13-36/h4,7-8,14,17-18,31H,5-6,9-13,15,30H2,1-3H3,(H,32,33,34). The third-order valence-electron chi connectivity index (χ3n) is 7.31. The van der Waals surface area contributed by atoms with Crippen LogP contribution in [0, 0.1) is 12.7 Å². The summed E-state index contributed by atoms with van der Waals surface area (Å²) < 4.78 is 16.4. The van der Waals surface area contributed by atoms with E-state index in [1.807, 2.05) is 38.1 Å². The van der Waals surface area contributed by atoms with E-state index in [1.54, 1.807) is 11.8 Å². The summed E-state index contributed by atoms with van der Waals surface area (Å²) in [5.74, 6) is 0.749. The summed E-state index contributed by atoms with van der Waals surface area (Å²) in [4.78, 5) is 15.1. The van der Waals surface area contributed by atoms with E-state index in [0.717, 1.165) is 67.5 Å². The number of aromatic nitrogens is 2. The molecule has 3 heterocycles. The number of hydrogen-bond acceptors (Lipinski definition) is 8. The fourth-order valence-corrected chi connectivity index (χ4v) is 6.42. The van der Waals surface area contributed by atoms with Crippen LogP contribution in [0.4, 0.5) is 16.2 Å². The van der Waals surface area contributed by atoms with E-state index in [2.05, 4.69) is 27.5 Å². The third-order valence-corrected chi connectivity index (χ3v) is 8.68. The molecule has 2 aliphatic heterocycles. The first-order chi connectivity index (χ1) is 17.8. The van der Waals surface area contributed by atoms with Crippen molar-refractivity contribution in [1.29, 1.82) is 0 Å². The van der Waals surface area contributed by atoms with Crippen LogP contribution in [0.5, 0.6) is 0 Å². The van der Waals surface area contributed by atoms with Crippen molar-refractivity contribution in [2.45, 2.75) is 43.0 Å². The van der Waals surface area contributed by atoms with E-state index in [9.17, 15) is 0 Å². The number of thioether (sulfide) groups is 1. The van der Waals surface area contributed by atoms with Crippen LogP contribution < -0.4 is 21.3 Å². The van der Waals surface area contributed by atoms with Crippen LogP contribution in [-0.4, -0.2) is 72.6 Å². The van der Waals surface area contributed by atoms with Crippen molar-refractivity contribution in [2.75, 3.05) is 56.5 Å². The van der Waals surface area contributed by atoms with Crippen molar-refractivity contribution in [1.82, 2.24) is 20.2 Å². The van der Waals surface area contributed by atoms with Crippen LogP contribution in [-0.2, 0) is 0 Å². The van der Waals surface area contributed by atoms with E-state index < -0.39 is 5.82 Å². The number of nitrogens with two attached hydrogens (primary N) is 1. The van der Waals surface area contributed by atoms with E-state index in [0.29, 0.717) is 28.0 Å². The highest BCUT2D eigenvalue weighted by Gasteiger charge is 2.25. The molecule has 37 heavy (non-hydrogen) atoms. The second kappa shape index (κ2) is 11.3. The minimum Gasteiger partial charge on any atom is -0.353 e. The van der Waals surface area contributed by atoms with Gasteiger partial charge in [-0.25, -0.2) is 9.37 Å². The molecule has 0 radical (unpaired) electrons. The quantitative estimate of drug-likeness (QED) is 0.292. The average molecular weight is 544 g/mol. The first-order valence-corrected chi connectivity index (χ1v) is 14.2. The molecule has 2 fully saturated rings. The normalized spacial score (nSPS) is 19.5. The molecule has 2 aromatic carbocycles. The van der Waals surface area contributed by atoms with Gasteiger partial charge in [0.15, 0.2) is 5.82 Å². The summed E-state index contributed by atoms with van der Waals surface area (Å²) in [6.07, 6.45) is 2.31. The van der Waals surface area contributed by atoms with Gasteiger partial charge >= 0.3 is 0 Å². The van der Waals surface area contributed by atoms with Crippen LogP contribution in [0.1, 0.15) is 25.3 Å². The van der Waals surface area contributed by atoms with Gasteiger partial charge < -0.3 is 26.2 Å². The summed E-state index contributed by atoms with van der Waals surface area (Å²) in [6, 6.07) is 8.08. The third kappa shape index (κ3) is 5.52. The molecule has 1 aromatic heterocycles. The highest BCUT2D eigenvalue weighted by Crippen LogP contribution is 2.41. The van der Waals surface area contributed by atoms with Crippen LogP contribution in [0.3, 0.4) is 0 Å². The number of halogens is 2. The summed E-state index contributed by atoms with van der Waals surface area (Å²) in [7, 11) is 2.14. The zero-order chi connectivity index (χ0) is 26.1. The second-order valence-corrected chi connectivity index (χ2v) is 11.8. The van der Waals surface area contributed by atoms with Gasteiger partial charge in [-0.05, 0) is 63.5 Å². The molecule has 0 amide bonds. The Labute approximate surface area is 227 Å². The number of rotatable bonds is 7. The smallest absolute Gasteiger partial charge is 0.225 e. The molecule has 2 unspecified atom stereocenters. The summed E-state index contributed by atoms with van der Waals surface area (Å²) in [5.41, 5.74) is 8.38. The number of likely N-dealkylation sites (N-methyl/N-ethyl adjacent to an activating group) is 1. The van der Waals surface area contributed by atoms with Gasteiger partial charge in [0.2, 0.25) is 5.95 Å². The molecule has 2 saturated heterocycles. The first kappa shape index (κ1) is 26.4. The van der Waals surface area contributed by atoms with Gasteiger partial charge in [0.25, 0.3) is 0 Å². The number of hydrogen-bond donors (Lipinski definition) is 3. The molecular formula is C27H35ClFN7S. The van der Waals surface area contributed by atoms with Crippen molar-refractivity contribution in [3.8, 4) is 11.1 Å². The van der Waals surface area contributed by atoms with Gasteiger partial charge in [-0.1, -0.05) is 23.7 Å². The number of fused-ring (bicyclic) bond motifs is 1. The Balaban J connectivity index is 1.62. The molecule has 10 heteroatoms. The minimum atomic E-state index is -0.423. The predicted molar refractivity (Wildman–Crippen MR) is 153 cm³/mol. The summed E-state index contributed by atoms with van der Waals surface area (Å²) in [6.45, 7) is 9.00. The van der Waals surface area contributed by atoms with E-state index >= 15 is 4.39 Å². The molecule has 3 aromatic rings. The maximum Gasteiger partial charge on any atom is 0.225 e. The van der Waals surface area contributed by atoms with Crippen LogP contribution in [0.15, 0.2) is 29.2 Å². The van der Waals surface area contributed by atoms with Crippen molar-refractivity contribution < 1.29 is 4.39 Å². The lowest BCUT2D eigenvalue weighted by molar-refractivity contribution is 0.322. The summed E-state index contributed by atoms with van der Waals surface area (Å²) >= 11 is 8.36. The highest BCUT2D eigenvalue weighted by molar-refractivity contribution is 7.99. The Morgan fingerprint density at radius 3 is 2.76 bits per heavy atom. The Hall–Kier alpha value is -2.17. The van der Waals surface area contributed by atoms with Gasteiger partial charge in [-0.3, -0.25) is 0 Å². The maximum atomic E-state index is 16.4. The van der Waals surface area contributed by atoms with E-state index in [4.69, 9.17) is 27.3 Å². The average Bonchev–Trinajstić information content (AvgIpc) is 3.29. The molecule has 4 N–H and O–H groups in total. The van der Waals surface area contributed by atoms with Gasteiger partial charge in [-0.15, -0.1) is 11.8 Å². The zero-order valence-electron chi connectivity index (χ0n) is 21.7. The fraction of sp³-hybridized carbons (Fsp3) is 0.481. The predicted octanol–water partition coefficient (Wildman–Crippen LogP) is 4.71. The maximum absolute atomic E-state index is 16.4. The number of anilines is 2. The van der Waals surface area contributed by atoms with Gasteiger partial charge in [0.05, 0.1) is 10.4 Å². The Morgan fingerprint density at radius 1 is 1.27 bits per heavy atom. The number of nitrogens with one attached hydrogen (secondary N) is 2. The molecule has 0 spiro atoms. The monoisotopic (exact) mass is 543 g/mol. The fourth-order valence-electron chi connectivity index (χ4n) is 5.28. The molecule has 2 atom stereocenters. The lowest BCUT2D eigenvalue weighted by Gasteiger charge is -2.30.